The van der Waals surface area contributed by atoms with Gasteiger partial charge in [-0.05, 0) is 12.0 Å². The molecule has 1 atom stereocenters. The molecule has 2 amide bonds. The molecule has 2 aromatic heterocycles. The van der Waals surface area contributed by atoms with Crippen LogP contribution in [0.15, 0.2) is 77.4 Å². The van der Waals surface area contributed by atoms with Gasteiger partial charge in [0.15, 0.2) is 11.5 Å². The van der Waals surface area contributed by atoms with Crippen molar-refractivity contribution in [1.29, 1.82) is 0 Å². The zero-order chi connectivity index (χ0) is 22.3. The summed E-state index contributed by atoms with van der Waals surface area (Å²) in [4.78, 5) is 32.4. The monoisotopic (exact) mass is 429 g/mol. The first kappa shape index (κ1) is 21.0. The minimum atomic E-state index is -0.483. The fraction of sp³-hybridized carbons (Fsp3) is 0.167. The van der Waals surface area contributed by atoms with Crippen LogP contribution in [0.4, 0.5) is 0 Å². The quantitative estimate of drug-likeness (QED) is 0.395. The van der Waals surface area contributed by atoms with E-state index < -0.39 is 5.91 Å². The molecule has 2 aromatic carbocycles. The maximum absolute atomic E-state index is 12.4. The van der Waals surface area contributed by atoms with E-state index >= 15 is 0 Å². The van der Waals surface area contributed by atoms with Crippen molar-refractivity contribution in [3.63, 3.8) is 0 Å². The number of hydrogen-bond donors (Lipinski definition) is 3. The Kier molecular flexibility index (Phi) is 6.41. The van der Waals surface area contributed by atoms with Crippen molar-refractivity contribution in [2.75, 3.05) is 6.54 Å². The number of carbonyl (C=O) groups excluding carboxylic acids is 2. The molecule has 4 rings (SSSR count). The van der Waals surface area contributed by atoms with E-state index in [4.69, 9.17) is 4.52 Å². The lowest BCUT2D eigenvalue weighted by molar-refractivity contribution is -0.121. The van der Waals surface area contributed by atoms with Crippen molar-refractivity contribution >= 4 is 11.8 Å². The number of rotatable bonds is 8. The summed E-state index contributed by atoms with van der Waals surface area (Å²) >= 11 is 0. The number of imidazole rings is 1. The second-order valence-corrected chi connectivity index (χ2v) is 7.20. The van der Waals surface area contributed by atoms with Gasteiger partial charge in [0.25, 0.3) is 5.91 Å². The topological polar surface area (TPSA) is 113 Å². The second kappa shape index (κ2) is 9.74. The third-order valence-electron chi connectivity index (χ3n) is 4.96. The molecule has 0 aliphatic heterocycles. The maximum atomic E-state index is 12.4. The van der Waals surface area contributed by atoms with Crippen LogP contribution in [0.1, 0.15) is 35.7 Å². The average Bonchev–Trinajstić information content (AvgIpc) is 3.53. The summed E-state index contributed by atoms with van der Waals surface area (Å²) in [6.45, 7) is 1.77. The van der Waals surface area contributed by atoms with Gasteiger partial charge in [-0.3, -0.25) is 9.59 Å². The third-order valence-corrected chi connectivity index (χ3v) is 4.96. The Labute approximate surface area is 185 Å². The van der Waals surface area contributed by atoms with Crippen LogP contribution in [-0.2, 0) is 4.79 Å². The van der Waals surface area contributed by atoms with Gasteiger partial charge in [-0.15, -0.1) is 0 Å². The van der Waals surface area contributed by atoms with E-state index in [-0.39, 0.29) is 24.2 Å². The van der Waals surface area contributed by atoms with E-state index in [1.54, 1.807) is 12.3 Å². The van der Waals surface area contributed by atoms with E-state index in [1.807, 2.05) is 67.6 Å². The normalized spacial score (nSPS) is 11.7. The molecule has 8 nitrogen and oxygen atoms in total. The lowest BCUT2D eigenvalue weighted by Gasteiger charge is -2.15. The van der Waals surface area contributed by atoms with Crippen molar-refractivity contribution < 1.29 is 14.1 Å². The van der Waals surface area contributed by atoms with E-state index in [0.717, 1.165) is 16.8 Å². The third kappa shape index (κ3) is 4.92. The van der Waals surface area contributed by atoms with E-state index in [1.165, 1.54) is 0 Å². The van der Waals surface area contributed by atoms with Gasteiger partial charge in [0.1, 0.15) is 5.82 Å². The summed E-state index contributed by atoms with van der Waals surface area (Å²) in [7, 11) is 0. The molecule has 162 valence electrons. The molecule has 3 N–H and O–H groups in total. The SMILES string of the molecule is CCC(NC(=O)CNC(=O)c1cc(-c2ccccc2)on1)c1ncc(-c2ccccc2)[nH]1. The largest absolute Gasteiger partial charge is 0.355 e. The molecule has 0 spiro atoms. The number of nitrogens with zero attached hydrogens (tertiary/aromatic N) is 2. The van der Waals surface area contributed by atoms with Gasteiger partial charge in [-0.1, -0.05) is 72.7 Å². The first-order valence-corrected chi connectivity index (χ1v) is 10.3. The standard InChI is InChI=1S/C24H23N5O3/c1-2-18(23-25-14-20(28-23)16-9-5-3-6-10-16)27-22(30)15-26-24(31)19-13-21(32-29-19)17-11-7-4-8-12-17/h3-14,18H,2,15H2,1H3,(H,25,28)(H,26,31)(H,27,30). The van der Waals surface area contributed by atoms with Crippen molar-refractivity contribution in [3.05, 3.63) is 84.4 Å². The number of nitrogens with one attached hydrogen (secondary N) is 3. The maximum Gasteiger partial charge on any atom is 0.273 e. The van der Waals surface area contributed by atoms with Crippen LogP contribution in [0.25, 0.3) is 22.6 Å². The number of amides is 2. The molecule has 0 aliphatic rings. The highest BCUT2D eigenvalue weighted by molar-refractivity contribution is 5.95. The van der Waals surface area contributed by atoms with Gasteiger partial charge < -0.3 is 20.1 Å². The molecule has 1 unspecified atom stereocenters. The molecular formula is C24H23N5O3. The van der Waals surface area contributed by atoms with Crippen molar-refractivity contribution in [1.82, 2.24) is 25.8 Å². The lowest BCUT2D eigenvalue weighted by Crippen LogP contribution is -2.38. The summed E-state index contributed by atoms with van der Waals surface area (Å²) in [5.74, 6) is 0.339. The summed E-state index contributed by atoms with van der Waals surface area (Å²) in [6.07, 6.45) is 2.39. The van der Waals surface area contributed by atoms with Crippen LogP contribution in [0.3, 0.4) is 0 Å². The van der Waals surface area contributed by atoms with Gasteiger partial charge in [0, 0.05) is 11.6 Å². The molecule has 8 heteroatoms. The van der Waals surface area contributed by atoms with Gasteiger partial charge in [0.05, 0.1) is 24.5 Å². The molecular weight excluding hydrogens is 406 g/mol. The highest BCUT2D eigenvalue weighted by Crippen LogP contribution is 2.21. The van der Waals surface area contributed by atoms with Crippen molar-refractivity contribution in [2.24, 2.45) is 0 Å². The number of aromatic nitrogens is 3. The minimum absolute atomic E-state index is 0.113. The molecule has 0 aliphatic carbocycles. The van der Waals surface area contributed by atoms with Crippen LogP contribution in [0.5, 0.6) is 0 Å². The molecule has 0 fully saturated rings. The smallest absolute Gasteiger partial charge is 0.273 e. The lowest BCUT2D eigenvalue weighted by atomic mass is 10.1. The number of benzene rings is 2. The first-order chi connectivity index (χ1) is 15.6. The van der Waals surface area contributed by atoms with Gasteiger partial charge in [0.2, 0.25) is 5.91 Å². The van der Waals surface area contributed by atoms with Crippen LogP contribution < -0.4 is 10.6 Å². The summed E-state index contributed by atoms with van der Waals surface area (Å²) in [5.41, 5.74) is 2.82. The Morgan fingerprint density at radius 1 is 1.03 bits per heavy atom. The Bertz CT molecular complexity index is 1180. The number of carbonyl (C=O) groups is 2. The first-order valence-electron chi connectivity index (χ1n) is 10.3. The average molecular weight is 429 g/mol. The highest BCUT2D eigenvalue weighted by Gasteiger charge is 2.18. The van der Waals surface area contributed by atoms with Gasteiger partial charge in [-0.2, -0.15) is 0 Å². The molecule has 32 heavy (non-hydrogen) atoms. The van der Waals surface area contributed by atoms with Crippen LogP contribution in [0.2, 0.25) is 0 Å². The van der Waals surface area contributed by atoms with E-state index in [2.05, 4.69) is 25.8 Å². The number of hydrogen-bond acceptors (Lipinski definition) is 5. The zero-order valence-corrected chi connectivity index (χ0v) is 17.5. The predicted molar refractivity (Wildman–Crippen MR) is 119 cm³/mol. The second-order valence-electron chi connectivity index (χ2n) is 7.20. The predicted octanol–water partition coefficient (Wildman–Crippen LogP) is 3.73. The Hall–Kier alpha value is -4.20. The minimum Gasteiger partial charge on any atom is -0.355 e. The van der Waals surface area contributed by atoms with Crippen LogP contribution in [0, 0.1) is 0 Å². The van der Waals surface area contributed by atoms with Gasteiger partial charge in [-0.25, -0.2) is 4.98 Å². The highest BCUT2D eigenvalue weighted by atomic mass is 16.5. The Balaban J connectivity index is 1.32. The van der Waals surface area contributed by atoms with Crippen molar-refractivity contribution in [3.8, 4) is 22.6 Å². The van der Waals surface area contributed by atoms with Crippen LogP contribution >= 0.6 is 0 Å². The van der Waals surface area contributed by atoms with Crippen molar-refractivity contribution in [2.45, 2.75) is 19.4 Å². The van der Waals surface area contributed by atoms with E-state index in [9.17, 15) is 9.59 Å². The summed E-state index contributed by atoms with van der Waals surface area (Å²) < 4.78 is 5.23. The number of aromatic amines is 1. The molecule has 4 aromatic rings. The molecule has 0 bridgehead atoms. The van der Waals surface area contributed by atoms with Gasteiger partial charge >= 0.3 is 0 Å². The zero-order valence-electron chi connectivity index (χ0n) is 17.5. The molecule has 0 saturated carbocycles. The number of H-pyrrole nitrogens is 1. The fourth-order valence-electron chi connectivity index (χ4n) is 3.26. The molecule has 2 heterocycles. The summed E-state index contributed by atoms with van der Waals surface area (Å²) in [5, 5.41) is 9.26. The fourth-order valence-corrected chi connectivity index (χ4v) is 3.26. The Morgan fingerprint density at radius 3 is 2.41 bits per heavy atom. The Morgan fingerprint density at radius 2 is 1.72 bits per heavy atom. The summed E-state index contributed by atoms with van der Waals surface area (Å²) in [6, 6.07) is 20.4. The van der Waals surface area contributed by atoms with E-state index in [0.29, 0.717) is 18.0 Å². The van der Waals surface area contributed by atoms with Crippen LogP contribution in [-0.4, -0.2) is 33.5 Å². The molecule has 0 radical (unpaired) electrons. The molecule has 0 saturated heterocycles.